The van der Waals surface area contributed by atoms with E-state index in [2.05, 4.69) is 59.1 Å². The lowest BCUT2D eigenvalue weighted by Gasteiger charge is -1.97. The molecule has 0 aliphatic carbocycles. The quantitative estimate of drug-likeness (QED) is 0.615. The van der Waals surface area contributed by atoms with E-state index in [1.54, 1.807) is 12.4 Å². The van der Waals surface area contributed by atoms with Crippen molar-refractivity contribution in [3.8, 4) is 22.7 Å². The molecule has 3 aromatic rings. The minimum Gasteiger partial charge on any atom is -0.354 e. The minimum atomic E-state index is 0.596. The van der Waals surface area contributed by atoms with Crippen LogP contribution in [-0.2, 0) is 5.33 Å². The van der Waals surface area contributed by atoms with Crippen LogP contribution in [0.3, 0.4) is 0 Å². The van der Waals surface area contributed by atoms with E-state index < -0.39 is 0 Å². The molecular formula is C14H9Br2N3O. The van der Waals surface area contributed by atoms with Crippen molar-refractivity contribution in [3.05, 3.63) is 52.9 Å². The van der Waals surface area contributed by atoms with E-state index >= 15 is 0 Å². The molecule has 100 valence electrons. The second-order valence-electron chi connectivity index (χ2n) is 4.13. The lowest BCUT2D eigenvalue weighted by atomic mass is 10.1. The van der Waals surface area contributed by atoms with E-state index in [9.17, 15) is 0 Å². The smallest absolute Gasteiger partial charge is 0.187 e. The second kappa shape index (κ2) is 5.85. The molecule has 0 aliphatic rings. The number of hydrogen-bond acceptors (Lipinski definition) is 4. The van der Waals surface area contributed by atoms with Gasteiger partial charge in [-0.2, -0.15) is 0 Å². The molecule has 0 saturated carbocycles. The van der Waals surface area contributed by atoms with Crippen LogP contribution in [0.2, 0.25) is 0 Å². The molecule has 0 aliphatic heterocycles. The topological polar surface area (TPSA) is 51.8 Å². The Balaban J connectivity index is 1.93. The van der Waals surface area contributed by atoms with Crippen LogP contribution in [0.15, 0.2) is 51.9 Å². The van der Waals surface area contributed by atoms with Crippen molar-refractivity contribution < 1.29 is 4.52 Å². The monoisotopic (exact) mass is 393 g/mol. The standard InChI is InChI=1S/C14H9Br2N3O/c15-6-9-1-3-10(4-2-9)11-5-13(20-19-11)12-7-17-8-14(16)18-12/h1-5,7-8H,6H2. The summed E-state index contributed by atoms with van der Waals surface area (Å²) in [5.74, 6) is 0.596. The van der Waals surface area contributed by atoms with Crippen molar-refractivity contribution in [2.75, 3.05) is 0 Å². The molecule has 0 radical (unpaired) electrons. The first-order chi connectivity index (χ1) is 9.76. The Kier molecular flexibility index (Phi) is 3.93. The third-order valence-electron chi connectivity index (χ3n) is 2.77. The zero-order chi connectivity index (χ0) is 13.9. The Hall–Kier alpha value is -1.53. The van der Waals surface area contributed by atoms with Crippen molar-refractivity contribution in [2.24, 2.45) is 0 Å². The first kappa shape index (κ1) is 13.5. The fraction of sp³-hybridized carbons (Fsp3) is 0.0714. The van der Waals surface area contributed by atoms with Gasteiger partial charge in [-0.05, 0) is 21.5 Å². The molecule has 0 bridgehead atoms. The molecule has 0 N–H and O–H groups in total. The van der Waals surface area contributed by atoms with E-state index in [0.29, 0.717) is 16.1 Å². The molecule has 4 nitrogen and oxygen atoms in total. The number of alkyl halides is 1. The highest BCUT2D eigenvalue weighted by Crippen LogP contribution is 2.25. The number of rotatable bonds is 3. The molecule has 3 rings (SSSR count). The van der Waals surface area contributed by atoms with Crippen LogP contribution in [-0.4, -0.2) is 15.1 Å². The van der Waals surface area contributed by atoms with Gasteiger partial charge in [0.25, 0.3) is 0 Å². The van der Waals surface area contributed by atoms with Gasteiger partial charge in [0.1, 0.15) is 16.0 Å². The van der Waals surface area contributed by atoms with Gasteiger partial charge in [0.15, 0.2) is 5.76 Å². The summed E-state index contributed by atoms with van der Waals surface area (Å²) in [7, 11) is 0. The molecule has 0 saturated heterocycles. The Morgan fingerprint density at radius 1 is 1.05 bits per heavy atom. The summed E-state index contributed by atoms with van der Waals surface area (Å²) in [4.78, 5) is 8.35. The van der Waals surface area contributed by atoms with Crippen molar-refractivity contribution >= 4 is 31.9 Å². The summed E-state index contributed by atoms with van der Waals surface area (Å²) in [5, 5.41) is 4.92. The predicted molar refractivity (Wildman–Crippen MR) is 83.3 cm³/mol. The summed E-state index contributed by atoms with van der Waals surface area (Å²) in [6.45, 7) is 0. The van der Waals surface area contributed by atoms with Gasteiger partial charge in [0.05, 0.1) is 12.4 Å². The van der Waals surface area contributed by atoms with Crippen LogP contribution in [0.25, 0.3) is 22.7 Å². The van der Waals surface area contributed by atoms with E-state index in [-0.39, 0.29) is 0 Å². The fourth-order valence-corrected chi connectivity index (χ4v) is 2.44. The van der Waals surface area contributed by atoms with E-state index in [1.807, 2.05) is 18.2 Å². The van der Waals surface area contributed by atoms with Crippen molar-refractivity contribution in [1.82, 2.24) is 15.1 Å². The molecule has 6 heteroatoms. The summed E-state index contributed by atoms with van der Waals surface area (Å²) >= 11 is 6.71. The molecular weight excluding hydrogens is 386 g/mol. The maximum atomic E-state index is 5.33. The Morgan fingerprint density at radius 2 is 1.85 bits per heavy atom. The average molecular weight is 395 g/mol. The second-order valence-corrected chi connectivity index (χ2v) is 5.51. The normalized spacial score (nSPS) is 10.7. The number of nitrogens with zero attached hydrogens (tertiary/aromatic N) is 3. The molecule has 2 aromatic heterocycles. The van der Waals surface area contributed by atoms with Crippen LogP contribution >= 0.6 is 31.9 Å². The van der Waals surface area contributed by atoms with Gasteiger partial charge < -0.3 is 4.52 Å². The Bertz CT molecular complexity index is 725. The Labute approximate surface area is 132 Å². The average Bonchev–Trinajstić information content (AvgIpc) is 2.97. The molecule has 1 aromatic carbocycles. The molecule has 0 spiro atoms. The maximum absolute atomic E-state index is 5.33. The summed E-state index contributed by atoms with van der Waals surface area (Å²) in [6.07, 6.45) is 3.27. The van der Waals surface area contributed by atoms with E-state index in [4.69, 9.17) is 4.52 Å². The van der Waals surface area contributed by atoms with Crippen LogP contribution < -0.4 is 0 Å². The minimum absolute atomic E-state index is 0.596. The third-order valence-corrected chi connectivity index (χ3v) is 3.80. The fourth-order valence-electron chi connectivity index (χ4n) is 1.76. The van der Waals surface area contributed by atoms with Gasteiger partial charge in [-0.3, -0.25) is 4.98 Å². The number of aromatic nitrogens is 3. The lowest BCUT2D eigenvalue weighted by Crippen LogP contribution is -1.84. The van der Waals surface area contributed by atoms with Gasteiger partial charge >= 0.3 is 0 Å². The summed E-state index contributed by atoms with van der Waals surface area (Å²) in [5.41, 5.74) is 3.65. The van der Waals surface area contributed by atoms with Gasteiger partial charge in [-0.15, -0.1) is 0 Å². The van der Waals surface area contributed by atoms with E-state index in [0.717, 1.165) is 16.6 Å². The van der Waals surface area contributed by atoms with Gasteiger partial charge in [-0.25, -0.2) is 4.98 Å². The largest absolute Gasteiger partial charge is 0.354 e. The highest BCUT2D eigenvalue weighted by molar-refractivity contribution is 9.10. The Morgan fingerprint density at radius 3 is 2.55 bits per heavy atom. The third kappa shape index (κ3) is 2.81. The first-order valence-electron chi connectivity index (χ1n) is 5.86. The molecule has 0 fully saturated rings. The zero-order valence-corrected chi connectivity index (χ0v) is 13.4. The predicted octanol–water partition coefficient (Wildman–Crippen LogP) is 4.46. The van der Waals surface area contributed by atoms with Crippen molar-refractivity contribution in [3.63, 3.8) is 0 Å². The van der Waals surface area contributed by atoms with Gasteiger partial charge in [0, 0.05) is 17.0 Å². The van der Waals surface area contributed by atoms with Crippen molar-refractivity contribution in [1.29, 1.82) is 0 Å². The molecule has 0 amide bonds. The SMILES string of the molecule is BrCc1ccc(-c2cc(-c3cncc(Br)n3)on2)cc1. The number of benzene rings is 1. The highest BCUT2D eigenvalue weighted by Gasteiger charge is 2.10. The van der Waals surface area contributed by atoms with Crippen LogP contribution in [0.5, 0.6) is 0 Å². The highest BCUT2D eigenvalue weighted by atomic mass is 79.9. The van der Waals surface area contributed by atoms with Gasteiger partial charge in [0.2, 0.25) is 0 Å². The van der Waals surface area contributed by atoms with Crippen LogP contribution in [0.1, 0.15) is 5.56 Å². The molecule has 20 heavy (non-hydrogen) atoms. The van der Waals surface area contributed by atoms with Gasteiger partial charge in [-0.1, -0.05) is 45.4 Å². The molecule has 2 heterocycles. The molecule has 0 unspecified atom stereocenters. The zero-order valence-electron chi connectivity index (χ0n) is 10.3. The van der Waals surface area contributed by atoms with E-state index in [1.165, 1.54) is 5.56 Å². The van der Waals surface area contributed by atoms with Crippen LogP contribution in [0, 0.1) is 0 Å². The number of hydrogen-bond donors (Lipinski definition) is 0. The van der Waals surface area contributed by atoms with Crippen molar-refractivity contribution in [2.45, 2.75) is 5.33 Å². The first-order valence-corrected chi connectivity index (χ1v) is 7.77. The molecule has 0 atom stereocenters. The maximum Gasteiger partial charge on any atom is 0.187 e. The number of halogens is 2. The summed E-state index contributed by atoms with van der Waals surface area (Å²) < 4.78 is 6.00. The van der Waals surface area contributed by atoms with Crippen LogP contribution in [0.4, 0.5) is 0 Å². The lowest BCUT2D eigenvalue weighted by molar-refractivity contribution is 0.433. The summed E-state index contributed by atoms with van der Waals surface area (Å²) in [6, 6.07) is 10.0.